The van der Waals surface area contributed by atoms with E-state index in [1.54, 1.807) is 30.1 Å². The highest BCUT2D eigenvalue weighted by Gasteiger charge is 2.35. The first-order chi connectivity index (χ1) is 18.2. The molecule has 1 aromatic carbocycles. The molecule has 200 valence electrons. The van der Waals surface area contributed by atoms with E-state index in [2.05, 4.69) is 21.9 Å². The maximum Gasteiger partial charge on any atom is 0.230 e. The standard InChI is InChI=1S/C27H30FN5O5/c1-16-8-18-24(28)22(11-29-25(18)33(16)4)38-26-17-9-20(35-5)21(10-19(17)30-15-31-26)37-7-6-23(34)32(3)12-27(2)13-36-14-27/h8-11,15H,6-7,12-14H2,1-5H3. The van der Waals surface area contributed by atoms with Gasteiger partial charge in [0, 0.05) is 37.8 Å². The summed E-state index contributed by atoms with van der Waals surface area (Å²) in [6, 6.07) is 5.07. The number of hydrogen-bond donors (Lipinski definition) is 0. The Kier molecular flexibility index (Phi) is 6.78. The average molecular weight is 524 g/mol. The van der Waals surface area contributed by atoms with Crippen LogP contribution in [0.5, 0.6) is 23.1 Å². The van der Waals surface area contributed by atoms with Gasteiger partial charge in [0.2, 0.25) is 11.8 Å². The third-order valence-electron chi connectivity index (χ3n) is 6.81. The molecule has 5 rings (SSSR count). The fourth-order valence-corrected chi connectivity index (χ4v) is 4.56. The Bertz CT molecular complexity index is 1520. The summed E-state index contributed by atoms with van der Waals surface area (Å²) in [5.41, 5.74) is 1.93. The summed E-state index contributed by atoms with van der Waals surface area (Å²) in [4.78, 5) is 27.1. The number of halogens is 1. The number of aromatic nitrogens is 4. The third kappa shape index (κ3) is 4.81. The Labute approximate surface area is 219 Å². The average Bonchev–Trinajstić information content (AvgIpc) is 3.18. The number of hydrogen-bond acceptors (Lipinski definition) is 8. The molecule has 1 amide bonds. The lowest BCUT2D eigenvalue weighted by Gasteiger charge is -2.40. The van der Waals surface area contributed by atoms with E-state index in [0.717, 1.165) is 5.69 Å². The molecule has 10 nitrogen and oxygen atoms in total. The van der Waals surface area contributed by atoms with E-state index in [1.165, 1.54) is 19.6 Å². The molecule has 1 saturated heterocycles. The topological polar surface area (TPSA) is 101 Å². The second-order valence-electron chi connectivity index (χ2n) is 9.97. The second-order valence-corrected chi connectivity index (χ2v) is 9.97. The van der Waals surface area contributed by atoms with Crippen molar-refractivity contribution in [3.05, 3.63) is 42.2 Å². The molecule has 0 unspecified atom stereocenters. The zero-order valence-corrected chi connectivity index (χ0v) is 22.1. The maximum absolute atomic E-state index is 15.2. The molecule has 0 radical (unpaired) electrons. The van der Waals surface area contributed by atoms with Gasteiger partial charge in [-0.3, -0.25) is 4.79 Å². The highest BCUT2D eigenvalue weighted by atomic mass is 19.1. The number of carbonyl (C=O) groups excluding carboxylic acids is 1. The van der Waals surface area contributed by atoms with Crippen molar-refractivity contribution in [1.29, 1.82) is 0 Å². The number of ether oxygens (including phenoxy) is 4. The summed E-state index contributed by atoms with van der Waals surface area (Å²) in [6.45, 7) is 6.10. The van der Waals surface area contributed by atoms with E-state index in [0.29, 0.717) is 53.2 Å². The van der Waals surface area contributed by atoms with Gasteiger partial charge in [0.25, 0.3) is 0 Å². The van der Waals surface area contributed by atoms with Gasteiger partial charge in [-0.15, -0.1) is 0 Å². The number of rotatable bonds is 9. The normalized spacial score (nSPS) is 14.4. The van der Waals surface area contributed by atoms with Gasteiger partial charge >= 0.3 is 0 Å². The Balaban J connectivity index is 1.33. The predicted octanol–water partition coefficient (Wildman–Crippen LogP) is 4.03. The van der Waals surface area contributed by atoms with E-state index in [4.69, 9.17) is 18.9 Å². The molecule has 0 N–H and O–H groups in total. The van der Waals surface area contributed by atoms with Gasteiger partial charge in [-0.05, 0) is 19.1 Å². The second kappa shape index (κ2) is 10.1. The number of benzene rings is 1. The molecule has 0 saturated carbocycles. The first-order valence-electron chi connectivity index (χ1n) is 12.2. The van der Waals surface area contributed by atoms with Crippen molar-refractivity contribution in [3.8, 4) is 23.1 Å². The van der Waals surface area contributed by atoms with Crippen molar-refractivity contribution in [2.24, 2.45) is 12.5 Å². The van der Waals surface area contributed by atoms with Gasteiger partial charge < -0.3 is 28.4 Å². The van der Waals surface area contributed by atoms with Gasteiger partial charge in [-0.2, -0.15) is 0 Å². The molecule has 1 aliphatic heterocycles. The molecule has 0 bridgehead atoms. The van der Waals surface area contributed by atoms with E-state index in [1.807, 2.05) is 18.5 Å². The quantitative estimate of drug-likeness (QED) is 0.324. The van der Waals surface area contributed by atoms with Crippen LogP contribution in [0.1, 0.15) is 19.0 Å². The third-order valence-corrected chi connectivity index (χ3v) is 6.81. The van der Waals surface area contributed by atoms with Crippen molar-refractivity contribution in [1.82, 2.24) is 24.4 Å². The Morgan fingerprint density at radius 2 is 1.95 bits per heavy atom. The first kappa shape index (κ1) is 25.7. The van der Waals surface area contributed by atoms with Crippen LogP contribution in [0.2, 0.25) is 0 Å². The van der Waals surface area contributed by atoms with Crippen molar-refractivity contribution in [3.63, 3.8) is 0 Å². The van der Waals surface area contributed by atoms with Crippen LogP contribution in [0.4, 0.5) is 4.39 Å². The monoisotopic (exact) mass is 523 g/mol. The highest BCUT2D eigenvalue weighted by Crippen LogP contribution is 2.37. The molecule has 1 fully saturated rings. The van der Waals surface area contributed by atoms with Crippen LogP contribution in [0, 0.1) is 18.2 Å². The Morgan fingerprint density at radius 1 is 1.16 bits per heavy atom. The van der Waals surface area contributed by atoms with Crippen molar-refractivity contribution < 1.29 is 28.1 Å². The highest BCUT2D eigenvalue weighted by molar-refractivity contribution is 5.87. The maximum atomic E-state index is 15.2. The van der Waals surface area contributed by atoms with Crippen LogP contribution in [0.3, 0.4) is 0 Å². The van der Waals surface area contributed by atoms with E-state index in [9.17, 15) is 4.79 Å². The molecule has 1 aliphatic rings. The van der Waals surface area contributed by atoms with Crippen LogP contribution < -0.4 is 14.2 Å². The van der Waals surface area contributed by atoms with Crippen LogP contribution >= 0.6 is 0 Å². The molecule has 3 aromatic heterocycles. The van der Waals surface area contributed by atoms with Gasteiger partial charge in [0.1, 0.15) is 12.0 Å². The van der Waals surface area contributed by atoms with Gasteiger partial charge in [0.15, 0.2) is 23.1 Å². The molecule has 11 heteroatoms. The largest absolute Gasteiger partial charge is 0.493 e. The van der Waals surface area contributed by atoms with Crippen LogP contribution in [0.25, 0.3) is 21.9 Å². The predicted molar refractivity (Wildman–Crippen MR) is 138 cm³/mol. The molecule has 0 aliphatic carbocycles. The summed E-state index contributed by atoms with van der Waals surface area (Å²) in [5, 5.41) is 0.872. The SMILES string of the molecule is COc1cc2c(Oc3cnc4c(cc(C)n4C)c3F)ncnc2cc1OCCC(=O)N(C)CC1(C)COC1. The molecular formula is C27H30FN5O5. The summed E-state index contributed by atoms with van der Waals surface area (Å²) >= 11 is 0. The Morgan fingerprint density at radius 3 is 2.66 bits per heavy atom. The van der Waals surface area contributed by atoms with Crippen LogP contribution in [0.15, 0.2) is 30.7 Å². The number of amides is 1. The fourth-order valence-electron chi connectivity index (χ4n) is 4.56. The minimum absolute atomic E-state index is 0.0110. The minimum atomic E-state index is -0.522. The van der Waals surface area contributed by atoms with Crippen molar-refractivity contribution in [2.45, 2.75) is 20.3 Å². The van der Waals surface area contributed by atoms with Crippen LogP contribution in [-0.2, 0) is 16.6 Å². The minimum Gasteiger partial charge on any atom is -0.493 e. The summed E-state index contributed by atoms with van der Waals surface area (Å²) in [5.74, 6) is 0.395. The number of pyridine rings is 1. The Hall–Kier alpha value is -3.99. The van der Waals surface area contributed by atoms with E-state index in [-0.39, 0.29) is 36.0 Å². The molecule has 38 heavy (non-hydrogen) atoms. The molecular weight excluding hydrogens is 493 g/mol. The summed E-state index contributed by atoms with van der Waals surface area (Å²) < 4.78 is 39.6. The summed E-state index contributed by atoms with van der Waals surface area (Å²) in [7, 11) is 5.12. The van der Waals surface area contributed by atoms with E-state index >= 15 is 4.39 Å². The molecule has 0 atom stereocenters. The van der Waals surface area contributed by atoms with Gasteiger partial charge in [-0.1, -0.05) is 6.92 Å². The lowest BCUT2D eigenvalue weighted by atomic mass is 9.88. The lowest BCUT2D eigenvalue weighted by Crippen LogP contribution is -2.49. The van der Waals surface area contributed by atoms with Crippen molar-refractivity contribution in [2.75, 3.05) is 40.5 Å². The van der Waals surface area contributed by atoms with E-state index < -0.39 is 5.82 Å². The van der Waals surface area contributed by atoms with Gasteiger partial charge in [0.05, 0.1) is 55.8 Å². The number of nitrogens with zero attached hydrogens (tertiary/aromatic N) is 5. The molecule has 0 spiro atoms. The fraction of sp³-hybridized carbons (Fsp3) is 0.407. The number of fused-ring (bicyclic) bond motifs is 2. The number of carbonyl (C=O) groups is 1. The molecule has 4 heterocycles. The zero-order chi connectivity index (χ0) is 27.0. The lowest BCUT2D eigenvalue weighted by molar-refractivity contribution is -0.142. The number of methoxy groups -OCH3 is 1. The van der Waals surface area contributed by atoms with Gasteiger partial charge in [-0.25, -0.2) is 19.3 Å². The van der Waals surface area contributed by atoms with Crippen LogP contribution in [-0.4, -0.2) is 70.8 Å². The smallest absolute Gasteiger partial charge is 0.230 e. The molecule has 4 aromatic rings. The van der Waals surface area contributed by atoms with Crippen molar-refractivity contribution >= 4 is 27.8 Å². The zero-order valence-electron chi connectivity index (χ0n) is 22.1. The number of aryl methyl sites for hydroxylation is 2. The summed E-state index contributed by atoms with van der Waals surface area (Å²) in [6.07, 6.45) is 2.88. The first-order valence-corrected chi connectivity index (χ1v) is 12.2.